The number of anilines is 1. The smallest absolute Gasteiger partial charge is 0.319 e. The first-order valence-corrected chi connectivity index (χ1v) is 14.4. The summed E-state index contributed by atoms with van der Waals surface area (Å²) in [7, 11) is 0. The maximum Gasteiger partial charge on any atom is 0.319 e. The minimum absolute atomic E-state index is 0.0484. The summed E-state index contributed by atoms with van der Waals surface area (Å²) >= 11 is 0. The molecule has 1 aromatic heterocycles. The van der Waals surface area contributed by atoms with Crippen LogP contribution in [0.1, 0.15) is 25.7 Å². The topological polar surface area (TPSA) is 73.8 Å². The van der Waals surface area contributed by atoms with Crippen LogP contribution in [0.5, 0.6) is 11.8 Å². The van der Waals surface area contributed by atoms with E-state index in [1.807, 2.05) is 4.90 Å². The van der Waals surface area contributed by atoms with Crippen LogP contribution in [-0.4, -0.2) is 76.3 Å². The van der Waals surface area contributed by atoms with E-state index in [0.29, 0.717) is 42.6 Å². The third kappa shape index (κ3) is 4.08. The lowest BCUT2D eigenvalue weighted by atomic mass is 9.91. The lowest BCUT2D eigenvalue weighted by Gasteiger charge is -2.48. The van der Waals surface area contributed by atoms with Gasteiger partial charge < -0.3 is 20.1 Å². The number of halogens is 4. The summed E-state index contributed by atoms with van der Waals surface area (Å²) in [6.45, 7) is 1.43. The van der Waals surface area contributed by atoms with Crippen molar-refractivity contribution in [3.8, 4) is 22.9 Å². The van der Waals surface area contributed by atoms with E-state index >= 15 is 8.78 Å². The van der Waals surface area contributed by atoms with Crippen molar-refractivity contribution < 1.29 is 27.4 Å². The minimum atomic E-state index is -2.80. The predicted octanol–water partition coefficient (Wildman–Crippen LogP) is 5.24. The van der Waals surface area contributed by atoms with Crippen LogP contribution in [0.3, 0.4) is 0 Å². The highest BCUT2D eigenvalue weighted by molar-refractivity contribution is 6.01. The quantitative estimate of drug-likeness (QED) is 0.314. The molecule has 0 spiro atoms. The van der Waals surface area contributed by atoms with Gasteiger partial charge in [0.2, 0.25) is 0 Å². The SMILES string of the molecule is Oc1cc(-c2c(F)cc3c(N4C[C@H]5C[C@@H](C4)N5)nc(OCC45CCCN4CC(F)(F)C5)nc3c2F)c2ccccc2c1. The van der Waals surface area contributed by atoms with E-state index in [2.05, 4.69) is 15.3 Å². The highest BCUT2D eigenvalue weighted by Gasteiger charge is 2.57. The van der Waals surface area contributed by atoms with E-state index in [1.54, 1.807) is 29.2 Å². The number of phenolic OH excluding ortho intramolecular Hbond substituents is 1. The Kier molecular flexibility index (Phi) is 5.66. The summed E-state index contributed by atoms with van der Waals surface area (Å²) in [6, 6.07) is 11.5. The van der Waals surface area contributed by atoms with Gasteiger partial charge in [-0.15, -0.1) is 0 Å². The number of ether oxygens (including phenoxy) is 1. The van der Waals surface area contributed by atoms with Gasteiger partial charge in [0.25, 0.3) is 5.92 Å². The number of nitrogens with zero attached hydrogens (tertiary/aromatic N) is 4. The highest BCUT2D eigenvalue weighted by atomic mass is 19.3. The first-order chi connectivity index (χ1) is 20.2. The van der Waals surface area contributed by atoms with Crippen LogP contribution < -0.4 is 15.0 Å². The fraction of sp³-hybridized carbons (Fsp3) is 0.419. The lowest BCUT2D eigenvalue weighted by molar-refractivity contribution is 0.00803. The Labute approximate surface area is 239 Å². The fourth-order valence-corrected chi connectivity index (χ4v) is 7.57. The summed E-state index contributed by atoms with van der Waals surface area (Å²) in [5, 5.41) is 15.2. The summed E-state index contributed by atoms with van der Waals surface area (Å²) in [4.78, 5) is 12.8. The second kappa shape index (κ2) is 9.15. The number of piperidine rings is 1. The van der Waals surface area contributed by atoms with Crippen LogP contribution in [0.4, 0.5) is 23.4 Å². The Balaban J connectivity index is 1.26. The van der Waals surface area contributed by atoms with Gasteiger partial charge in [0, 0.05) is 37.0 Å². The average molecular weight is 580 g/mol. The van der Waals surface area contributed by atoms with Crippen molar-refractivity contribution in [2.75, 3.05) is 37.7 Å². The zero-order chi connectivity index (χ0) is 28.8. The molecule has 5 aliphatic heterocycles. The first-order valence-electron chi connectivity index (χ1n) is 14.4. The molecular formula is C31H29F4N5O2. The third-order valence-corrected chi connectivity index (χ3v) is 9.40. The van der Waals surface area contributed by atoms with E-state index in [0.717, 1.165) is 12.8 Å². The number of aromatic hydroxyl groups is 1. The van der Waals surface area contributed by atoms with Crippen molar-refractivity contribution in [2.24, 2.45) is 0 Å². The molecule has 5 saturated heterocycles. The molecule has 3 aromatic carbocycles. The summed E-state index contributed by atoms with van der Waals surface area (Å²) < 4.78 is 67.3. The molecule has 7 nitrogen and oxygen atoms in total. The maximum atomic E-state index is 16.5. The van der Waals surface area contributed by atoms with Crippen molar-refractivity contribution in [2.45, 2.75) is 49.2 Å². The van der Waals surface area contributed by atoms with Crippen LogP contribution in [0, 0.1) is 11.6 Å². The van der Waals surface area contributed by atoms with E-state index in [1.165, 1.54) is 18.2 Å². The van der Waals surface area contributed by atoms with Gasteiger partial charge in [-0.1, -0.05) is 24.3 Å². The largest absolute Gasteiger partial charge is 0.508 e. The highest BCUT2D eigenvalue weighted by Crippen LogP contribution is 2.46. The molecule has 1 unspecified atom stereocenters. The zero-order valence-corrected chi connectivity index (χ0v) is 22.7. The summed E-state index contributed by atoms with van der Waals surface area (Å²) in [5.41, 5.74) is -1.07. The summed E-state index contributed by atoms with van der Waals surface area (Å²) in [6.07, 6.45) is 2.07. The number of fused-ring (bicyclic) bond motifs is 5. The Hall–Kier alpha value is -3.70. The summed E-state index contributed by atoms with van der Waals surface area (Å²) in [5.74, 6) is -4.27. The first kappa shape index (κ1) is 26.0. The molecule has 0 amide bonds. The number of alkyl halides is 2. The Morgan fingerprint density at radius 1 is 1.05 bits per heavy atom. The van der Waals surface area contributed by atoms with Crippen molar-refractivity contribution >= 4 is 27.5 Å². The van der Waals surface area contributed by atoms with Gasteiger partial charge >= 0.3 is 6.01 Å². The van der Waals surface area contributed by atoms with Gasteiger partial charge in [-0.05, 0) is 60.3 Å². The Morgan fingerprint density at radius 3 is 2.64 bits per heavy atom. The van der Waals surface area contributed by atoms with Gasteiger partial charge in [0.1, 0.15) is 29.5 Å². The zero-order valence-electron chi connectivity index (χ0n) is 22.7. The average Bonchev–Trinajstić information content (AvgIpc) is 3.43. The molecule has 42 heavy (non-hydrogen) atoms. The molecule has 4 aromatic rings. The van der Waals surface area contributed by atoms with E-state index in [9.17, 15) is 13.9 Å². The molecule has 3 atom stereocenters. The molecule has 5 fully saturated rings. The molecule has 0 aliphatic carbocycles. The van der Waals surface area contributed by atoms with Crippen molar-refractivity contribution in [3.05, 3.63) is 54.1 Å². The van der Waals surface area contributed by atoms with Gasteiger partial charge in [0.05, 0.1) is 17.6 Å². The van der Waals surface area contributed by atoms with Gasteiger partial charge in [0.15, 0.2) is 5.82 Å². The number of piperazine rings is 1. The molecule has 2 N–H and O–H groups in total. The Bertz CT molecular complexity index is 1740. The normalized spacial score (nSPS) is 26.5. The van der Waals surface area contributed by atoms with Crippen LogP contribution in [-0.2, 0) is 0 Å². The van der Waals surface area contributed by atoms with Crippen molar-refractivity contribution in [1.29, 1.82) is 0 Å². The van der Waals surface area contributed by atoms with E-state index < -0.39 is 23.1 Å². The lowest BCUT2D eigenvalue weighted by Crippen LogP contribution is -2.67. The second-order valence-electron chi connectivity index (χ2n) is 12.3. The molecule has 9 rings (SSSR count). The minimum Gasteiger partial charge on any atom is -0.508 e. The molecule has 11 heteroatoms. The van der Waals surface area contributed by atoms with E-state index in [4.69, 9.17) is 4.74 Å². The molecule has 6 heterocycles. The maximum absolute atomic E-state index is 16.5. The monoisotopic (exact) mass is 579 g/mol. The number of benzene rings is 3. The standard InChI is InChI=1S/C31H29F4N5O2/c32-24-11-23-27(26(33)25(24)22-10-20(41)8-17-4-1-2-5-21(17)22)37-29(38-28(23)39-12-18-9-19(13-39)36-18)42-16-30-6-3-7-40(30)15-31(34,35)14-30/h1-2,4-5,8,10-11,18-19,36,41H,3,6-7,9,12-16H2/t18-,19+,30?. The van der Waals surface area contributed by atoms with Gasteiger partial charge in [-0.2, -0.15) is 9.97 Å². The number of rotatable bonds is 5. The number of hydrogen-bond acceptors (Lipinski definition) is 7. The number of aromatic nitrogens is 2. The van der Waals surface area contributed by atoms with E-state index in [-0.39, 0.29) is 65.4 Å². The molecule has 5 aliphatic rings. The molecule has 2 bridgehead atoms. The number of phenols is 1. The van der Waals surface area contributed by atoms with Crippen LogP contribution >= 0.6 is 0 Å². The van der Waals surface area contributed by atoms with Crippen LogP contribution in [0.15, 0.2) is 42.5 Å². The number of nitrogens with one attached hydrogen (secondary N) is 1. The fourth-order valence-electron chi connectivity index (χ4n) is 7.57. The number of hydrogen-bond donors (Lipinski definition) is 2. The molecular weight excluding hydrogens is 550 g/mol. The molecule has 0 radical (unpaired) electrons. The van der Waals surface area contributed by atoms with Gasteiger partial charge in [-0.25, -0.2) is 17.6 Å². The van der Waals surface area contributed by atoms with Crippen molar-refractivity contribution in [3.63, 3.8) is 0 Å². The third-order valence-electron chi connectivity index (χ3n) is 9.40. The van der Waals surface area contributed by atoms with Crippen LogP contribution in [0.25, 0.3) is 32.8 Å². The Morgan fingerprint density at radius 2 is 1.83 bits per heavy atom. The molecule has 218 valence electrons. The predicted molar refractivity (Wildman–Crippen MR) is 150 cm³/mol. The van der Waals surface area contributed by atoms with Crippen molar-refractivity contribution in [1.82, 2.24) is 20.2 Å². The van der Waals surface area contributed by atoms with Crippen LogP contribution in [0.2, 0.25) is 0 Å². The second-order valence-corrected chi connectivity index (χ2v) is 12.3. The van der Waals surface area contributed by atoms with Gasteiger partial charge in [-0.3, -0.25) is 4.90 Å². The molecule has 0 saturated carbocycles.